The highest BCUT2D eigenvalue weighted by Crippen LogP contribution is 2.41. The van der Waals surface area contributed by atoms with E-state index in [1.54, 1.807) is 0 Å². The highest BCUT2D eigenvalue weighted by Gasteiger charge is 2.15. The number of pyridine rings is 2. The van der Waals surface area contributed by atoms with Crippen LogP contribution in [-0.4, -0.2) is 9.97 Å². The number of fused-ring (bicyclic) bond motifs is 2. The molecule has 0 radical (unpaired) electrons. The van der Waals surface area contributed by atoms with E-state index in [1.165, 1.54) is 82.7 Å². The first kappa shape index (κ1) is 27.7. The average Bonchev–Trinajstić information content (AvgIpc) is 3.11. The summed E-state index contributed by atoms with van der Waals surface area (Å²) in [7, 11) is 0. The minimum Gasteiger partial charge on any atom is -0.264 e. The van der Waals surface area contributed by atoms with Crippen LogP contribution < -0.4 is 0 Å². The van der Waals surface area contributed by atoms with E-state index in [9.17, 15) is 0 Å². The lowest BCUT2D eigenvalue weighted by Gasteiger charge is -2.16. The second kappa shape index (κ2) is 11.6. The van der Waals surface area contributed by atoms with Crippen molar-refractivity contribution in [1.29, 1.82) is 0 Å². The van der Waals surface area contributed by atoms with E-state index in [0.29, 0.717) is 0 Å². The number of nitrogens with zero attached hydrogens (tertiary/aromatic N) is 2. The van der Waals surface area contributed by atoms with Gasteiger partial charge < -0.3 is 0 Å². The van der Waals surface area contributed by atoms with Gasteiger partial charge in [0.1, 0.15) is 0 Å². The van der Waals surface area contributed by atoms with Gasteiger partial charge in [0.05, 0.1) is 0 Å². The quantitative estimate of drug-likeness (QED) is 0.200. The molecule has 0 aliphatic rings. The molecule has 6 aromatic carbocycles. The van der Waals surface area contributed by atoms with Gasteiger partial charge in [-0.25, -0.2) is 0 Å². The van der Waals surface area contributed by atoms with E-state index in [4.69, 9.17) is 0 Å². The van der Waals surface area contributed by atoms with Crippen LogP contribution in [0.2, 0.25) is 0 Å². The van der Waals surface area contributed by atoms with Gasteiger partial charge in [0.2, 0.25) is 0 Å². The first-order valence-electron chi connectivity index (χ1n) is 15.7. The van der Waals surface area contributed by atoms with Crippen LogP contribution in [0.15, 0.2) is 158 Å². The van der Waals surface area contributed by atoms with Crippen molar-refractivity contribution in [2.75, 3.05) is 0 Å². The minimum atomic E-state index is 1.02. The summed E-state index contributed by atoms with van der Waals surface area (Å²) < 4.78 is 0. The van der Waals surface area contributed by atoms with Crippen molar-refractivity contribution in [3.63, 3.8) is 0 Å². The third-order valence-electron chi connectivity index (χ3n) is 9.09. The highest BCUT2D eigenvalue weighted by atomic mass is 14.6. The first-order valence-corrected chi connectivity index (χ1v) is 15.7. The zero-order chi connectivity index (χ0) is 31.0. The second-order valence-electron chi connectivity index (χ2n) is 11.9. The summed E-state index contributed by atoms with van der Waals surface area (Å²) in [6.07, 6.45) is 5.68. The molecule has 0 bridgehead atoms. The Labute approximate surface area is 269 Å². The molecular weight excluding hydrogens is 556 g/mol. The Hall–Kier alpha value is -5.86. The maximum atomic E-state index is 4.39. The number of aromatic nitrogens is 2. The molecule has 8 rings (SSSR count). The third-order valence-corrected chi connectivity index (χ3v) is 9.09. The van der Waals surface area contributed by atoms with Crippen LogP contribution in [0.25, 0.3) is 77.2 Å². The first-order chi connectivity index (χ1) is 22.6. The van der Waals surface area contributed by atoms with Crippen LogP contribution in [0.1, 0.15) is 11.3 Å². The highest BCUT2D eigenvalue weighted by molar-refractivity contribution is 6.12. The summed E-state index contributed by atoms with van der Waals surface area (Å²) in [5.74, 6) is 0. The minimum absolute atomic E-state index is 1.02. The number of benzene rings is 6. The molecule has 0 amide bonds. The molecule has 0 spiro atoms. The van der Waals surface area contributed by atoms with E-state index >= 15 is 0 Å². The molecule has 2 aromatic heterocycles. The third kappa shape index (κ3) is 4.95. The predicted molar refractivity (Wildman–Crippen MR) is 194 cm³/mol. The Balaban J connectivity index is 1.23. The molecule has 0 saturated carbocycles. The van der Waals surface area contributed by atoms with Crippen LogP contribution in [-0.2, 0) is 0 Å². The standard InChI is InChI=1S/C44H32N2/c1-29-22-24-45-28-44(29)32-16-14-31(15-17-32)36-18-20-42(40-12-5-3-10-38(36)40)43-21-19-37(39-11-4-6-13-41(39)43)35-9-7-8-33(27-35)34-23-25-46-30(2)26-34/h3-28H,1-2H3. The zero-order valence-electron chi connectivity index (χ0n) is 25.9. The van der Waals surface area contributed by atoms with E-state index in [0.717, 1.165) is 5.69 Å². The summed E-state index contributed by atoms with van der Waals surface area (Å²) in [5.41, 5.74) is 14.3. The molecule has 0 atom stereocenters. The van der Waals surface area contributed by atoms with Crippen molar-refractivity contribution in [2.24, 2.45) is 0 Å². The largest absolute Gasteiger partial charge is 0.264 e. The molecule has 0 unspecified atom stereocenters. The SMILES string of the molecule is Cc1cc(-c2cccc(-c3ccc(-c4ccc(-c5ccc(-c6cnccc6C)cc5)c5ccccc45)c4ccccc34)c2)ccn1. The van der Waals surface area contributed by atoms with Crippen molar-refractivity contribution in [2.45, 2.75) is 13.8 Å². The molecule has 2 heteroatoms. The molecule has 0 aliphatic carbocycles. The van der Waals surface area contributed by atoms with Crippen LogP contribution in [0.3, 0.4) is 0 Å². The van der Waals surface area contributed by atoms with Crippen molar-refractivity contribution in [1.82, 2.24) is 9.97 Å². The van der Waals surface area contributed by atoms with Gasteiger partial charge in [0, 0.05) is 29.8 Å². The Morgan fingerprint density at radius 1 is 0.370 bits per heavy atom. The molecule has 0 aliphatic heterocycles. The molecular formula is C44H32N2. The summed E-state index contributed by atoms with van der Waals surface area (Å²) in [4.78, 5) is 8.73. The molecule has 218 valence electrons. The molecule has 2 nitrogen and oxygen atoms in total. The lowest BCUT2D eigenvalue weighted by atomic mass is 9.87. The number of rotatable bonds is 5. The zero-order valence-corrected chi connectivity index (χ0v) is 25.9. The van der Waals surface area contributed by atoms with Crippen LogP contribution >= 0.6 is 0 Å². The number of hydrogen-bond donors (Lipinski definition) is 0. The van der Waals surface area contributed by atoms with Crippen molar-refractivity contribution < 1.29 is 0 Å². The second-order valence-corrected chi connectivity index (χ2v) is 11.9. The molecule has 0 saturated heterocycles. The van der Waals surface area contributed by atoms with Crippen molar-refractivity contribution in [3.8, 4) is 55.6 Å². The maximum Gasteiger partial charge on any atom is 0.0378 e. The van der Waals surface area contributed by atoms with E-state index in [2.05, 4.69) is 156 Å². The van der Waals surface area contributed by atoms with Gasteiger partial charge in [0.15, 0.2) is 0 Å². The van der Waals surface area contributed by atoms with Crippen LogP contribution in [0.5, 0.6) is 0 Å². The Kier molecular flexibility index (Phi) is 6.96. The Morgan fingerprint density at radius 3 is 1.50 bits per heavy atom. The normalized spacial score (nSPS) is 11.3. The van der Waals surface area contributed by atoms with Crippen LogP contribution in [0.4, 0.5) is 0 Å². The van der Waals surface area contributed by atoms with Crippen molar-refractivity contribution in [3.05, 3.63) is 169 Å². The van der Waals surface area contributed by atoms with E-state index in [-0.39, 0.29) is 0 Å². The Morgan fingerprint density at radius 2 is 0.891 bits per heavy atom. The van der Waals surface area contributed by atoms with Gasteiger partial charge >= 0.3 is 0 Å². The summed E-state index contributed by atoms with van der Waals surface area (Å²) >= 11 is 0. The lowest BCUT2D eigenvalue weighted by Crippen LogP contribution is -1.90. The maximum absolute atomic E-state index is 4.39. The van der Waals surface area contributed by atoms with Crippen LogP contribution in [0, 0.1) is 13.8 Å². The summed E-state index contributed by atoms with van der Waals surface area (Å²) in [6.45, 7) is 4.17. The number of hydrogen-bond acceptors (Lipinski definition) is 2. The molecule has 0 N–H and O–H groups in total. The predicted octanol–water partition coefficient (Wildman–Crippen LogP) is 11.7. The van der Waals surface area contributed by atoms with Gasteiger partial charge in [-0.05, 0) is 115 Å². The summed E-state index contributed by atoms with van der Waals surface area (Å²) in [6, 6.07) is 50.7. The monoisotopic (exact) mass is 588 g/mol. The van der Waals surface area contributed by atoms with Gasteiger partial charge in [-0.2, -0.15) is 0 Å². The van der Waals surface area contributed by atoms with Gasteiger partial charge in [0.25, 0.3) is 0 Å². The van der Waals surface area contributed by atoms with E-state index < -0.39 is 0 Å². The smallest absolute Gasteiger partial charge is 0.0378 e. The van der Waals surface area contributed by atoms with Gasteiger partial charge in [-0.1, -0.05) is 115 Å². The van der Waals surface area contributed by atoms with Crippen molar-refractivity contribution >= 4 is 21.5 Å². The Bertz CT molecular complexity index is 2380. The topological polar surface area (TPSA) is 25.8 Å². The average molecular weight is 589 g/mol. The molecule has 0 fully saturated rings. The van der Waals surface area contributed by atoms with Gasteiger partial charge in [-0.15, -0.1) is 0 Å². The van der Waals surface area contributed by atoms with E-state index in [1.807, 2.05) is 25.5 Å². The van der Waals surface area contributed by atoms with Gasteiger partial charge in [-0.3, -0.25) is 9.97 Å². The fraction of sp³-hybridized carbons (Fsp3) is 0.0455. The fourth-order valence-electron chi connectivity index (χ4n) is 6.76. The molecule has 2 heterocycles. The lowest BCUT2D eigenvalue weighted by molar-refractivity contribution is 1.20. The molecule has 46 heavy (non-hydrogen) atoms. The number of aryl methyl sites for hydroxylation is 2. The molecule has 8 aromatic rings. The summed E-state index contributed by atoms with van der Waals surface area (Å²) in [5, 5.41) is 5.00. The fourth-order valence-corrected chi connectivity index (χ4v) is 6.76.